The van der Waals surface area contributed by atoms with Gasteiger partial charge in [-0.3, -0.25) is 24.9 Å². The Bertz CT molecular complexity index is 805. The van der Waals surface area contributed by atoms with Gasteiger partial charge in [0.1, 0.15) is 10.7 Å². The summed E-state index contributed by atoms with van der Waals surface area (Å²) in [6, 6.07) is 2.24. The zero-order chi connectivity index (χ0) is 19.3. The molecular formula is C18H26N6OS. The van der Waals surface area contributed by atoms with Crippen LogP contribution in [0.25, 0.3) is 10.6 Å². The number of carbonyl (C=O) groups excluding carboxylic acids is 1. The van der Waals surface area contributed by atoms with Crippen molar-refractivity contribution in [3.63, 3.8) is 0 Å². The number of thiophene rings is 1. The second-order valence-corrected chi connectivity index (χ2v) is 7.20. The molecule has 0 bridgehead atoms. The largest absolute Gasteiger partial charge is 0.296 e. The molecule has 140 valence electrons. The SMILES string of the molecule is C=Nc1sc(-c2ccn(C(C)C)n2)c(C)c1C(=O)NN(C)CCN=CC. The minimum absolute atomic E-state index is 0.196. The molecule has 2 aromatic heterocycles. The molecule has 0 atom stereocenters. The summed E-state index contributed by atoms with van der Waals surface area (Å²) in [5.41, 5.74) is 5.13. The number of nitrogens with one attached hydrogen (secondary N) is 1. The third-order valence-electron chi connectivity index (χ3n) is 3.91. The van der Waals surface area contributed by atoms with Crippen LogP contribution in [0.3, 0.4) is 0 Å². The molecule has 0 aliphatic heterocycles. The monoisotopic (exact) mass is 374 g/mol. The number of hydrogen-bond acceptors (Lipinski definition) is 6. The molecule has 0 spiro atoms. The molecule has 7 nitrogen and oxygen atoms in total. The molecule has 0 fully saturated rings. The highest BCUT2D eigenvalue weighted by atomic mass is 32.1. The van der Waals surface area contributed by atoms with E-state index in [0.717, 1.165) is 16.1 Å². The van der Waals surface area contributed by atoms with Crippen LogP contribution in [0, 0.1) is 6.92 Å². The van der Waals surface area contributed by atoms with Crippen LogP contribution in [-0.2, 0) is 0 Å². The van der Waals surface area contributed by atoms with Crippen LogP contribution < -0.4 is 5.43 Å². The maximum absolute atomic E-state index is 12.7. The molecule has 2 rings (SSSR count). The average Bonchev–Trinajstić information content (AvgIpc) is 3.19. The summed E-state index contributed by atoms with van der Waals surface area (Å²) in [6.45, 7) is 12.8. The quantitative estimate of drug-likeness (QED) is 0.568. The van der Waals surface area contributed by atoms with E-state index in [9.17, 15) is 4.79 Å². The highest BCUT2D eigenvalue weighted by Crippen LogP contribution is 2.40. The van der Waals surface area contributed by atoms with E-state index in [1.165, 1.54) is 11.3 Å². The van der Waals surface area contributed by atoms with Crippen molar-refractivity contribution < 1.29 is 4.79 Å². The van der Waals surface area contributed by atoms with Gasteiger partial charge in [0.25, 0.3) is 5.91 Å². The second-order valence-electron chi connectivity index (χ2n) is 6.20. The fourth-order valence-corrected chi connectivity index (χ4v) is 3.56. The van der Waals surface area contributed by atoms with Gasteiger partial charge < -0.3 is 0 Å². The lowest BCUT2D eigenvalue weighted by atomic mass is 10.1. The van der Waals surface area contributed by atoms with Crippen molar-refractivity contribution >= 4 is 35.2 Å². The van der Waals surface area contributed by atoms with E-state index in [4.69, 9.17) is 0 Å². The normalized spacial score (nSPS) is 11.7. The number of hydrazine groups is 1. The molecule has 2 aromatic rings. The first-order valence-corrected chi connectivity index (χ1v) is 9.32. The van der Waals surface area contributed by atoms with Crippen LogP contribution in [0.4, 0.5) is 5.00 Å². The van der Waals surface area contributed by atoms with Gasteiger partial charge in [0.2, 0.25) is 0 Å². The van der Waals surface area contributed by atoms with Crippen molar-refractivity contribution in [2.45, 2.75) is 33.7 Å². The Morgan fingerprint density at radius 3 is 2.85 bits per heavy atom. The van der Waals surface area contributed by atoms with Gasteiger partial charge in [0, 0.05) is 25.8 Å². The summed E-state index contributed by atoms with van der Waals surface area (Å²) in [5, 5.41) is 6.94. The Labute approximate surface area is 158 Å². The number of hydrogen-bond donors (Lipinski definition) is 1. The summed E-state index contributed by atoms with van der Waals surface area (Å²) in [6.07, 6.45) is 3.70. The summed E-state index contributed by atoms with van der Waals surface area (Å²) < 4.78 is 1.90. The number of aromatic nitrogens is 2. The molecule has 0 radical (unpaired) electrons. The molecule has 8 heteroatoms. The predicted octanol–water partition coefficient (Wildman–Crippen LogP) is 3.50. The van der Waals surface area contributed by atoms with E-state index >= 15 is 0 Å². The highest BCUT2D eigenvalue weighted by molar-refractivity contribution is 7.19. The summed E-state index contributed by atoms with van der Waals surface area (Å²) in [4.78, 5) is 21.9. The Hall–Kier alpha value is -2.32. The topological polar surface area (TPSA) is 74.9 Å². The van der Waals surface area contributed by atoms with E-state index in [1.54, 1.807) is 11.2 Å². The van der Waals surface area contributed by atoms with E-state index in [-0.39, 0.29) is 11.9 Å². The van der Waals surface area contributed by atoms with Gasteiger partial charge in [-0.05, 0) is 52.3 Å². The van der Waals surface area contributed by atoms with Gasteiger partial charge in [-0.25, -0.2) is 5.01 Å². The number of carbonyl (C=O) groups is 1. The molecule has 26 heavy (non-hydrogen) atoms. The van der Waals surface area contributed by atoms with Crippen molar-refractivity contribution in [2.75, 3.05) is 20.1 Å². The van der Waals surface area contributed by atoms with E-state index < -0.39 is 0 Å². The fraction of sp³-hybridized carbons (Fsp3) is 0.444. The third-order valence-corrected chi connectivity index (χ3v) is 5.15. The first-order chi connectivity index (χ1) is 12.4. The summed E-state index contributed by atoms with van der Waals surface area (Å²) in [5.74, 6) is -0.196. The summed E-state index contributed by atoms with van der Waals surface area (Å²) in [7, 11) is 1.82. The molecule has 0 aliphatic rings. The Morgan fingerprint density at radius 2 is 2.27 bits per heavy atom. The smallest absolute Gasteiger partial charge is 0.268 e. The molecular weight excluding hydrogens is 348 g/mol. The van der Waals surface area contributed by atoms with Crippen LogP contribution >= 0.6 is 11.3 Å². The lowest BCUT2D eigenvalue weighted by Gasteiger charge is -2.17. The van der Waals surface area contributed by atoms with Gasteiger partial charge in [-0.2, -0.15) is 5.10 Å². The first kappa shape index (κ1) is 20.0. The summed E-state index contributed by atoms with van der Waals surface area (Å²) >= 11 is 1.43. The molecule has 0 aliphatic carbocycles. The van der Waals surface area contributed by atoms with Crippen LogP contribution in [-0.4, -0.2) is 53.8 Å². The maximum Gasteiger partial charge on any atom is 0.268 e. The van der Waals surface area contributed by atoms with Crippen LogP contribution in [0.2, 0.25) is 0 Å². The molecule has 1 N–H and O–H groups in total. The first-order valence-electron chi connectivity index (χ1n) is 8.51. The zero-order valence-corrected chi connectivity index (χ0v) is 16.8. The maximum atomic E-state index is 12.7. The molecule has 0 unspecified atom stereocenters. The fourth-order valence-electron chi connectivity index (χ4n) is 2.49. The highest BCUT2D eigenvalue weighted by Gasteiger charge is 2.23. The number of aliphatic imine (C=N–C) groups is 2. The molecule has 0 saturated heterocycles. The van der Waals surface area contributed by atoms with Gasteiger partial charge in [0.05, 0.1) is 17.0 Å². The van der Waals surface area contributed by atoms with Gasteiger partial charge >= 0.3 is 0 Å². The van der Waals surface area contributed by atoms with Crippen molar-refractivity contribution in [3.8, 4) is 10.6 Å². The average molecular weight is 375 g/mol. The number of amides is 1. The van der Waals surface area contributed by atoms with Gasteiger partial charge in [0.15, 0.2) is 0 Å². The van der Waals surface area contributed by atoms with Crippen molar-refractivity contribution in [3.05, 3.63) is 23.4 Å². The third kappa shape index (κ3) is 4.44. The van der Waals surface area contributed by atoms with Gasteiger partial charge in [-0.15, -0.1) is 11.3 Å². The van der Waals surface area contributed by atoms with Gasteiger partial charge in [-0.1, -0.05) is 0 Å². The molecule has 1 amide bonds. The molecule has 2 heterocycles. The Morgan fingerprint density at radius 1 is 1.54 bits per heavy atom. The minimum atomic E-state index is -0.196. The van der Waals surface area contributed by atoms with Crippen LogP contribution in [0.5, 0.6) is 0 Å². The van der Waals surface area contributed by atoms with Crippen molar-refractivity contribution in [2.24, 2.45) is 9.98 Å². The second kappa shape index (κ2) is 8.86. The number of likely N-dealkylation sites (N-methyl/N-ethyl adjacent to an activating group) is 1. The number of rotatable bonds is 8. The van der Waals surface area contributed by atoms with E-state index in [0.29, 0.717) is 23.7 Å². The number of nitrogens with zero attached hydrogens (tertiary/aromatic N) is 5. The molecule has 0 aromatic carbocycles. The standard InChI is InChI=1S/C18H26N6OS/c1-7-20-9-11-23(6)22-17(25)15-13(4)16(26-18(15)19-5)14-8-10-24(21-14)12(2)3/h7-8,10,12H,5,9,11H2,1-4,6H3,(H,22,25). The lowest BCUT2D eigenvalue weighted by Crippen LogP contribution is -2.40. The zero-order valence-electron chi connectivity index (χ0n) is 16.0. The van der Waals surface area contributed by atoms with E-state index in [1.807, 2.05) is 37.8 Å². The predicted molar refractivity (Wildman–Crippen MR) is 109 cm³/mol. The van der Waals surface area contributed by atoms with Crippen LogP contribution in [0.1, 0.15) is 42.7 Å². The van der Waals surface area contributed by atoms with E-state index in [2.05, 4.69) is 41.1 Å². The lowest BCUT2D eigenvalue weighted by molar-refractivity contribution is 0.0833. The Balaban J connectivity index is 2.26. The Kier molecular flexibility index (Phi) is 6.82. The molecule has 0 saturated carbocycles. The van der Waals surface area contributed by atoms with Crippen molar-refractivity contribution in [1.29, 1.82) is 0 Å². The van der Waals surface area contributed by atoms with Crippen molar-refractivity contribution in [1.82, 2.24) is 20.2 Å². The minimum Gasteiger partial charge on any atom is -0.296 e. The van der Waals surface area contributed by atoms with Crippen LogP contribution in [0.15, 0.2) is 22.2 Å².